The first-order valence-corrected chi connectivity index (χ1v) is 6.18. The lowest BCUT2D eigenvalue weighted by Gasteiger charge is -2.16. The summed E-state index contributed by atoms with van der Waals surface area (Å²) >= 11 is 1.72. The lowest BCUT2D eigenvalue weighted by Crippen LogP contribution is -2.31. The van der Waals surface area contributed by atoms with Gasteiger partial charge < -0.3 is 4.74 Å². The van der Waals surface area contributed by atoms with Gasteiger partial charge in [0.05, 0.1) is 25.0 Å². The Kier molecular flexibility index (Phi) is 3.78. The van der Waals surface area contributed by atoms with Gasteiger partial charge in [-0.05, 0) is 11.4 Å². The Morgan fingerprint density at radius 3 is 3.06 bits per heavy atom. The van der Waals surface area contributed by atoms with Gasteiger partial charge in [0, 0.05) is 18.3 Å². The Bertz CT molecular complexity index is 466. The molecule has 92 valence electrons. The Morgan fingerprint density at radius 2 is 2.47 bits per heavy atom. The van der Waals surface area contributed by atoms with E-state index in [9.17, 15) is 0 Å². The molecule has 3 N–H and O–H groups in total. The van der Waals surface area contributed by atoms with Gasteiger partial charge in [-0.3, -0.25) is 16.0 Å². The molecule has 0 saturated carbocycles. The van der Waals surface area contributed by atoms with Crippen molar-refractivity contribution < 1.29 is 4.74 Å². The van der Waals surface area contributed by atoms with Crippen LogP contribution in [-0.2, 0) is 13.5 Å². The smallest absolute Gasteiger partial charge is 0.161 e. The third-order valence-electron chi connectivity index (χ3n) is 2.69. The summed E-state index contributed by atoms with van der Waals surface area (Å²) in [5.41, 5.74) is 3.79. The molecule has 6 heteroatoms. The van der Waals surface area contributed by atoms with E-state index >= 15 is 0 Å². The first-order valence-electron chi connectivity index (χ1n) is 5.30. The summed E-state index contributed by atoms with van der Waals surface area (Å²) in [6.07, 6.45) is 2.53. The summed E-state index contributed by atoms with van der Waals surface area (Å²) in [5.74, 6) is 6.39. The fraction of sp³-hybridized carbons (Fsp3) is 0.364. The maximum atomic E-state index is 5.63. The van der Waals surface area contributed by atoms with Gasteiger partial charge in [0.1, 0.15) is 0 Å². The van der Waals surface area contributed by atoms with E-state index in [1.54, 1.807) is 29.3 Å². The predicted octanol–water partition coefficient (Wildman–Crippen LogP) is 1.24. The number of thiophene rings is 1. The number of hydrazine groups is 1. The fourth-order valence-corrected chi connectivity index (χ4v) is 2.60. The van der Waals surface area contributed by atoms with E-state index in [0.717, 1.165) is 17.9 Å². The minimum atomic E-state index is -0.00361. The second-order valence-corrected chi connectivity index (χ2v) is 4.76. The lowest BCUT2D eigenvalue weighted by molar-refractivity contribution is 0.394. The molecule has 0 saturated heterocycles. The lowest BCUT2D eigenvalue weighted by atomic mass is 10.1. The molecule has 5 nitrogen and oxygen atoms in total. The zero-order valence-corrected chi connectivity index (χ0v) is 10.7. The number of aromatic nitrogens is 2. The molecule has 0 amide bonds. The molecule has 0 aliphatic rings. The normalized spacial score (nSPS) is 12.6. The highest BCUT2D eigenvalue weighted by atomic mass is 32.1. The first-order chi connectivity index (χ1) is 8.26. The summed E-state index contributed by atoms with van der Waals surface area (Å²) in [5, 5.41) is 6.24. The van der Waals surface area contributed by atoms with Gasteiger partial charge in [0.25, 0.3) is 0 Å². The zero-order valence-electron chi connectivity index (χ0n) is 9.88. The van der Waals surface area contributed by atoms with Crippen molar-refractivity contribution >= 4 is 11.3 Å². The first kappa shape index (κ1) is 12.1. The van der Waals surface area contributed by atoms with Crippen LogP contribution in [0.5, 0.6) is 5.75 Å². The molecule has 2 aromatic heterocycles. The molecule has 0 fully saturated rings. The number of aryl methyl sites for hydroxylation is 1. The van der Waals surface area contributed by atoms with E-state index in [0.29, 0.717) is 0 Å². The van der Waals surface area contributed by atoms with Gasteiger partial charge in [-0.25, -0.2) is 0 Å². The maximum absolute atomic E-state index is 5.63. The van der Waals surface area contributed by atoms with Crippen molar-refractivity contribution in [2.24, 2.45) is 12.9 Å². The number of nitrogens with zero attached hydrogens (tertiary/aromatic N) is 2. The monoisotopic (exact) mass is 252 g/mol. The summed E-state index contributed by atoms with van der Waals surface area (Å²) in [4.78, 5) is 1.27. The van der Waals surface area contributed by atoms with Crippen LogP contribution in [0.2, 0.25) is 0 Å². The highest BCUT2D eigenvalue weighted by Gasteiger charge is 2.20. The minimum Gasteiger partial charge on any atom is -0.493 e. The predicted molar refractivity (Wildman–Crippen MR) is 67.8 cm³/mol. The van der Waals surface area contributed by atoms with Crippen molar-refractivity contribution in [3.05, 3.63) is 34.3 Å². The van der Waals surface area contributed by atoms with Gasteiger partial charge in [-0.2, -0.15) is 5.10 Å². The van der Waals surface area contributed by atoms with Gasteiger partial charge in [-0.15, -0.1) is 11.3 Å². The van der Waals surface area contributed by atoms with E-state index in [-0.39, 0.29) is 6.04 Å². The standard InChI is InChI=1S/C11H16N4OS/c1-15-11(10(16-2)7-13-15)9(14-12)6-8-4-3-5-17-8/h3-5,7,9,14H,6,12H2,1-2H3. The van der Waals surface area contributed by atoms with Crippen molar-refractivity contribution in [1.29, 1.82) is 0 Å². The highest BCUT2D eigenvalue weighted by molar-refractivity contribution is 7.09. The van der Waals surface area contributed by atoms with E-state index < -0.39 is 0 Å². The Hall–Kier alpha value is -1.37. The van der Waals surface area contributed by atoms with Gasteiger partial charge in [-0.1, -0.05) is 6.07 Å². The van der Waals surface area contributed by atoms with Crippen molar-refractivity contribution in [2.45, 2.75) is 12.5 Å². The molecule has 1 unspecified atom stereocenters. The Labute approximate surface area is 104 Å². The van der Waals surface area contributed by atoms with Crippen molar-refractivity contribution in [1.82, 2.24) is 15.2 Å². The molecular weight excluding hydrogens is 236 g/mol. The second-order valence-electron chi connectivity index (χ2n) is 3.72. The molecule has 0 aromatic carbocycles. The molecule has 0 spiro atoms. The molecule has 0 radical (unpaired) electrons. The number of methoxy groups -OCH3 is 1. The van der Waals surface area contributed by atoms with Crippen LogP contribution in [0.1, 0.15) is 16.6 Å². The number of hydrogen-bond acceptors (Lipinski definition) is 5. The maximum Gasteiger partial charge on any atom is 0.161 e. The van der Waals surface area contributed by atoms with Crippen LogP contribution in [-0.4, -0.2) is 16.9 Å². The van der Waals surface area contributed by atoms with E-state index in [4.69, 9.17) is 10.6 Å². The quantitative estimate of drug-likeness (QED) is 0.620. The largest absolute Gasteiger partial charge is 0.493 e. The molecule has 2 aromatic rings. The van der Waals surface area contributed by atoms with E-state index in [2.05, 4.69) is 22.0 Å². The summed E-state index contributed by atoms with van der Waals surface area (Å²) in [7, 11) is 3.52. The molecule has 0 aliphatic carbocycles. The highest BCUT2D eigenvalue weighted by Crippen LogP contribution is 2.27. The third kappa shape index (κ3) is 2.49. The molecule has 2 heterocycles. The molecular formula is C11H16N4OS. The van der Waals surface area contributed by atoms with Crippen LogP contribution in [0.25, 0.3) is 0 Å². The second kappa shape index (κ2) is 5.31. The van der Waals surface area contributed by atoms with Crippen LogP contribution in [0.4, 0.5) is 0 Å². The van der Waals surface area contributed by atoms with Crippen molar-refractivity contribution in [3.8, 4) is 5.75 Å². The van der Waals surface area contributed by atoms with E-state index in [1.165, 1.54) is 4.88 Å². The van der Waals surface area contributed by atoms with Crippen LogP contribution in [0.15, 0.2) is 23.7 Å². The van der Waals surface area contributed by atoms with Crippen LogP contribution in [0.3, 0.4) is 0 Å². The third-order valence-corrected chi connectivity index (χ3v) is 3.58. The van der Waals surface area contributed by atoms with Crippen LogP contribution < -0.4 is 16.0 Å². The van der Waals surface area contributed by atoms with Crippen molar-refractivity contribution in [2.75, 3.05) is 7.11 Å². The number of ether oxygens (including phenoxy) is 1. The summed E-state index contributed by atoms with van der Waals surface area (Å²) < 4.78 is 7.08. The average molecular weight is 252 g/mol. The fourth-order valence-electron chi connectivity index (χ4n) is 1.85. The number of nitrogens with two attached hydrogens (primary N) is 1. The molecule has 2 rings (SSSR count). The summed E-state index contributed by atoms with van der Waals surface area (Å²) in [6, 6.07) is 4.13. The SMILES string of the molecule is COc1cnn(C)c1C(Cc1cccs1)NN. The Balaban J connectivity index is 2.25. The molecule has 17 heavy (non-hydrogen) atoms. The summed E-state index contributed by atoms with van der Waals surface area (Å²) in [6.45, 7) is 0. The van der Waals surface area contributed by atoms with Crippen LogP contribution in [0, 0.1) is 0 Å². The average Bonchev–Trinajstić information content (AvgIpc) is 2.95. The molecule has 1 atom stereocenters. The van der Waals surface area contributed by atoms with Crippen LogP contribution >= 0.6 is 11.3 Å². The van der Waals surface area contributed by atoms with Crippen molar-refractivity contribution in [3.63, 3.8) is 0 Å². The van der Waals surface area contributed by atoms with Gasteiger partial charge in [0.15, 0.2) is 5.75 Å². The van der Waals surface area contributed by atoms with Gasteiger partial charge in [0.2, 0.25) is 0 Å². The Morgan fingerprint density at radius 1 is 1.65 bits per heavy atom. The number of nitrogens with one attached hydrogen (secondary N) is 1. The molecule has 0 bridgehead atoms. The van der Waals surface area contributed by atoms with E-state index in [1.807, 2.05) is 13.1 Å². The zero-order chi connectivity index (χ0) is 12.3. The topological polar surface area (TPSA) is 65.1 Å². The number of hydrogen-bond donors (Lipinski definition) is 2. The van der Waals surface area contributed by atoms with Gasteiger partial charge >= 0.3 is 0 Å². The molecule has 0 aliphatic heterocycles. The minimum absolute atomic E-state index is 0.00361. The number of rotatable bonds is 5.